The summed E-state index contributed by atoms with van der Waals surface area (Å²) < 4.78 is 51.9. The molecule has 5 fully saturated rings. The molecule has 1 aliphatic heterocycles. The Balaban J connectivity index is 1.17. The van der Waals surface area contributed by atoms with Gasteiger partial charge in [-0.1, -0.05) is 40.5 Å². The first-order valence-corrected chi connectivity index (χ1v) is 17.5. The van der Waals surface area contributed by atoms with E-state index in [4.69, 9.17) is 14.2 Å². The molecule has 0 spiro atoms. The first kappa shape index (κ1) is 31.2. The molecule has 4 saturated carbocycles. The van der Waals surface area contributed by atoms with E-state index in [0.717, 1.165) is 32.1 Å². The third-order valence-corrected chi connectivity index (χ3v) is 11.8. The van der Waals surface area contributed by atoms with Crippen LogP contribution in [0.15, 0.2) is 17.0 Å². The van der Waals surface area contributed by atoms with Crippen molar-refractivity contribution in [3.8, 4) is 5.75 Å². The van der Waals surface area contributed by atoms with E-state index in [9.17, 15) is 32.1 Å². The number of benzene rings is 1. The van der Waals surface area contributed by atoms with E-state index in [2.05, 4.69) is 0 Å². The molecule has 44 heavy (non-hydrogen) atoms. The monoisotopic (exact) mass is 630 g/mol. The fraction of sp³-hybridized carbons (Fsp3) is 0.697. The van der Waals surface area contributed by atoms with Crippen LogP contribution in [0.1, 0.15) is 102 Å². The normalized spacial score (nSPS) is 34.0. The minimum atomic E-state index is -4.54. The van der Waals surface area contributed by atoms with E-state index >= 15 is 0 Å². The number of Topliss-reactive ketones (excluding diaryl/α,β-unsaturated/α-hetero) is 1. The second kappa shape index (κ2) is 11.5. The maximum atomic E-state index is 13.7. The average Bonchev–Trinajstić information content (AvgIpc) is 3.57. The molecular formula is C33H42O10S. The Morgan fingerprint density at radius 1 is 1.00 bits per heavy atom. The fourth-order valence-electron chi connectivity index (χ4n) is 8.89. The number of ketones is 1. The van der Waals surface area contributed by atoms with Gasteiger partial charge < -0.3 is 14.2 Å². The van der Waals surface area contributed by atoms with E-state index in [0.29, 0.717) is 29.9 Å². The van der Waals surface area contributed by atoms with Gasteiger partial charge in [0.1, 0.15) is 28.6 Å². The molecular weight excluding hydrogens is 588 g/mol. The van der Waals surface area contributed by atoms with Crippen molar-refractivity contribution in [3.05, 3.63) is 23.3 Å². The number of hydrogen-bond acceptors (Lipinski definition) is 9. The van der Waals surface area contributed by atoms with Crippen molar-refractivity contribution in [1.29, 1.82) is 0 Å². The Labute approximate surface area is 258 Å². The van der Waals surface area contributed by atoms with E-state index < -0.39 is 58.0 Å². The van der Waals surface area contributed by atoms with Crippen LogP contribution < -0.4 is 4.74 Å². The minimum Gasteiger partial charge on any atom is -0.458 e. The van der Waals surface area contributed by atoms with Crippen LogP contribution in [0.4, 0.5) is 0 Å². The molecule has 0 aromatic heterocycles. The van der Waals surface area contributed by atoms with E-state index in [-0.39, 0.29) is 52.4 Å². The maximum Gasteiger partial charge on any atom is 0.315 e. The maximum absolute atomic E-state index is 13.7. The van der Waals surface area contributed by atoms with Crippen molar-refractivity contribution in [2.75, 3.05) is 0 Å². The molecule has 1 saturated heterocycles. The van der Waals surface area contributed by atoms with Gasteiger partial charge in [-0.15, -0.1) is 0 Å². The second-order valence-corrected chi connectivity index (χ2v) is 15.6. The highest BCUT2D eigenvalue weighted by Gasteiger charge is 2.70. The smallest absolute Gasteiger partial charge is 0.315 e. The number of esters is 3. The Morgan fingerprint density at radius 3 is 2.32 bits per heavy atom. The van der Waals surface area contributed by atoms with Crippen molar-refractivity contribution in [1.82, 2.24) is 0 Å². The number of carbonyl (C=O) groups excluding carboxylic acids is 4. The standard InChI is InChI=1S/C33H42O10S/c1-15(2)21-12-20(13-22(16(3)4)31(21)44(38,39)40)41-32(36)26-23-14-24-27(26)33(37)43-30(24)29(23)42-25(34)9-8-19-11-17-6-5-7-18(10-17)28(19)35/h12-13,15-19,23-24,26-27,29-30H,5-11,14H2,1-4H3,(H,38,39,40). The first-order valence-electron chi connectivity index (χ1n) is 16.0. The number of hydrogen-bond donors (Lipinski definition) is 1. The fourth-order valence-corrected chi connectivity index (χ4v) is 10.1. The Kier molecular flexibility index (Phi) is 8.18. The molecule has 6 rings (SSSR count). The first-order chi connectivity index (χ1) is 20.7. The average molecular weight is 631 g/mol. The van der Waals surface area contributed by atoms with Crippen LogP contribution in [0, 0.1) is 41.4 Å². The number of carbonyl (C=O) groups is 4. The van der Waals surface area contributed by atoms with Gasteiger partial charge in [-0.3, -0.25) is 23.7 Å². The molecule has 1 N–H and O–H groups in total. The minimum absolute atomic E-state index is 0.0962. The molecule has 4 bridgehead atoms. The summed E-state index contributed by atoms with van der Waals surface area (Å²) >= 11 is 0. The molecule has 240 valence electrons. The van der Waals surface area contributed by atoms with Crippen LogP contribution >= 0.6 is 0 Å². The predicted molar refractivity (Wildman–Crippen MR) is 156 cm³/mol. The van der Waals surface area contributed by atoms with Crippen molar-refractivity contribution in [3.63, 3.8) is 0 Å². The summed E-state index contributed by atoms with van der Waals surface area (Å²) in [5.41, 5.74) is 0.642. The Bertz CT molecular complexity index is 1450. The molecule has 0 amide bonds. The highest BCUT2D eigenvalue weighted by Crippen LogP contribution is 2.59. The predicted octanol–water partition coefficient (Wildman–Crippen LogP) is 4.98. The lowest BCUT2D eigenvalue weighted by Crippen LogP contribution is -2.44. The van der Waals surface area contributed by atoms with Crippen molar-refractivity contribution < 1.29 is 46.4 Å². The van der Waals surface area contributed by atoms with Crippen molar-refractivity contribution >= 4 is 33.8 Å². The summed E-state index contributed by atoms with van der Waals surface area (Å²) in [5, 5.41) is 0. The number of rotatable bonds is 9. The van der Waals surface area contributed by atoms with Gasteiger partial charge in [0.2, 0.25) is 0 Å². The van der Waals surface area contributed by atoms with Crippen LogP contribution in [0.3, 0.4) is 0 Å². The lowest BCUT2D eigenvalue weighted by molar-refractivity contribution is -0.164. The molecule has 1 heterocycles. The second-order valence-electron chi connectivity index (χ2n) is 14.2. The molecule has 9 unspecified atom stereocenters. The Hall–Kier alpha value is -2.79. The molecule has 0 radical (unpaired) electrons. The van der Waals surface area contributed by atoms with Gasteiger partial charge in [0.05, 0.1) is 11.8 Å². The van der Waals surface area contributed by atoms with E-state index in [1.807, 2.05) is 0 Å². The van der Waals surface area contributed by atoms with Gasteiger partial charge in [-0.05, 0) is 73.1 Å². The third-order valence-electron chi connectivity index (χ3n) is 10.8. The van der Waals surface area contributed by atoms with Crippen LogP contribution in [0.25, 0.3) is 0 Å². The lowest BCUT2D eigenvalue weighted by Gasteiger charge is -2.37. The summed E-state index contributed by atoms with van der Waals surface area (Å²) in [6.45, 7) is 7.11. The molecule has 4 aliphatic carbocycles. The van der Waals surface area contributed by atoms with Gasteiger partial charge in [0.15, 0.2) is 0 Å². The molecule has 5 aliphatic rings. The van der Waals surface area contributed by atoms with Crippen LogP contribution in [-0.2, 0) is 38.8 Å². The molecule has 10 nitrogen and oxygen atoms in total. The van der Waals surface area contributed by atoms with Gasteiger partial charge in [-0.2, -0.15) is 8.42 Å². The van der Waals surface area contributed by atoms with Crippen molar-refractivity contribution in [2.45, 2.75) is 108 Å². The molecule has 11 heteroatoms. The SMILES string of the molecule is CC(C)c1cc(OC(=O)C2C3CC4C(OC(=O)C42)C3OC(=O)CCC2CC3CCCC(C3)C2=O)cc(C(C)C)c1S(=O)(=O)O. The molecule has 9 atom stereocenters. The van der Waals surface area contributed by atoms with Gasteiger partial charge in [0.25, 0.3) is 10.1 Å². The summed E-state index contributed by atoms with van der Waals surface area (Å²) in [7, 11) is -4.54. The number of ether oxygens (including phenoxy) is 3. The summed E-state index contributed by atoms with van der Waals surface area (Å²) in [6, 6.07) is 2.89. The van der Waals surface area contributed by atoms with Gasteiger partial charge >= 0.3 is 17.9 Å². The summed E-state index contributed by atoms with van der Waals surface area (Å²) in [4.78, 5) is 52.3. The largest absolute Gasteiger partial charge is 0.458 e. The van der Waals surface area contributed by atoms with E-state index in [1.165, 1.54) is 12.1 Å². The Morgan fingerprint density at radius 2 is 1.68 bits per heavy atom. The van der Waals surface area contributed by atoms with E-state index in [1.54, 1.807) is 27.7 Å². The topological polar surface area (TPSA) is 150 Å². The van der Waals surface area contributed by atoms with Gasteiger partial charge in [-0.25, -0.2) is 0 Å². The quantitative estimate of drug-likeness (QED) is 0.225. The summed E-state index contributed by atoms with van der Waals surface area (Å²) in [5.74, 6) is -3.58. The zero-order valence-corrected chi connectivity index (χ0v) is 26.5. The molecule has 1 aromatic rings. The molecule has 1 aromatic carbocycles. The zero-order chi connectivity index (χ0) is 31.7. The van der Waals surface area contributed by atoms with Crippen molar-refractivity contribution in [2.24, 2.45) is 41.4 Å². The van der Waals surface area contributed by atoms with Crippen LogP contribution in [0.5, 0.6) is 5.75 Å². The lowest BCUT2D eigenvalue weighted by atomic mass is 9.66. The van der Waals surface area contributed by atoms with Crippen LogP contribution in [0.2, 0.25) is 0 Å². The summed E-state index contributed by atoms with van der Waals surface area (Å²) in [6.07, 6.45) is 4.63. The highest BCUT2D eigenvalue weighted by atomic mass is 32.2. The highest BCUT2D eigenvalue weighted by molar-refractivity contribution is 7.86. The van der Waals surface area contributed by atoms with Gasteiger partial charge in [0, 0.05) is 30.1 Å². The number of fused-ring (bicyclic) bond motifs is 3. The van der Waals surface area contributed by atoms with Crippen LogP contribution in [-0.4, -0.2) is 48.9 Å². The third kappa shape index (κ3) is 5.48. The zero-order valence-electron chi connectivity index (χ0n) is 25.7.